The summed E-state index contributed by atoms with van der Waals surface area (Å²) in [6.45, 7) is 0.449. The minimum absolute atomic E-state index is 0.449. The van der Waals surface area contributed by atoms with Crippen LogP contribution in [0.4, 0.5) is 0 Å². The standard InChI is InChI=1S/C15H14BrClO2/c1-18-14-7-3-2-5-11(14)10-19-15-8-4-6-13(17)12(15)9-16/h2-8H,9-10H2,1H3. The van der Waals surface area contributed by atoms with Crippen LogP contribution in [-0.4, -0.2) is 7.11 Å². The molecule has 2 aromatic carbocycles. The minimum atomic E-state index is 0.449. The summed E-state index contributed by atoms with van der Waals surface area (Å²) >= 11 is 9.56. The van der Waals surface area contributed by atoms with Gasteiger partial charge in [-0.2, -0.15) is 0 Å². The first-order chi connectivity index (χ1) is 9.26. The van der Waals surface area contributed by atoms with Crippen molar-refractivity contribution in [3.63, 3.8) is 0 Å². The molecule has 0 aliphatic rings. The molecule has 2 nitrogen and oxygen atoms in total. The van der Waals surface area contributed by atoms with Gasteiger partial charge in [0.2, 0.25) is 0 Å². The van der Waals surface area contributed by atoms with Crippen molar-refractivity contribution in [2.75, 3.05) is 7.11 Å². The van der Waals surface area contributed by atoms with Crippen LogP contribution in [0.5, 0.6) is 11.5 Å². The van der Waals surface area contributed by atoms with Crippen LogP contribution < -0.4 is 9.47 Å². The average Bonchev–Trinajstić information content (AvgIpc) is 2.45. The van der Waals surface area contributed by atoms with E-state index in [1.807, 2.05) is 42.5 Å². The van der Waals surface area contributed by atoms with Crippen LogP contribution in [-0.2, 0) is 11.9 Å². The number of alkyl halides is 1. The molecule has 0 bridgehead atoms. The van der Waals surface area contributed by atoms with Crippen LogP contribution in [0, 0.1) is 0 Å². The lowest BCUT2D eigenvalue weighted by molar-refractivity contribution is 0.294. The molecule has 0 aliphatic carbocycles. The second-order valence-electron chi connectivity index (χ2n) is 3.95. The number of hydrogen-bond acceptors (Lipinski definition) is 2. The number of para-hydroxylation sites is 1. The number of hydrogen-bond donors (Lipinski definition) is 0. The summed E-state index contributed by atoms with van der Waals surface area (Å²) in [5.41, 5.74) is 1.96. The summed E-state index contributed by atoms with van der Waals surface area (Å²) in [6, 6.07) is 13.5. The summed E-state index contributed by atoms with van der Waals surface area (Å²) < 4.78 is 11.1. The Morgan fingerprint density at radius 1 is 1.05 bits per heavy atom. The molecule has 0 saturated carbocycles. The first kappa shape index (κ1) is 14.2. The fourth-order valence-electron chi connectivity index (χ4n) is 1.78. The molecule has 0 heterocycles. The van der Waals surface area contributed by atoms with Crippen molar-refractivity contribution in [2.24, 2.45) is 0 Å². The van der Waals surface area contributed by atoms with E-state index >= 15 is 0 Å². The van der Waals surface area contributed by atoms with Gasteiger partial charge < -0.3 is 9.47 Å². The highest BCUT2D eigenvalue weighted by atomic mass is 79.9. The fraction of sp³-hybridized carbons (Fsp3) is 0.200. The molecule has 2 rings (SSSR count). The predicted octanol–water partition coefficient (Wildman–Crippen LogP) is 4.82. The summed E-state index contributed by atoms with van der Waals surface area (Å²) in [4.78, 5) is 0. The maximum Gasteiger partial charge on any atom is 0.125 e. The Hall–Kier alpha value is -1.19. The van der Waals surface area contributed by atoms with Gasteiger partial charge in [-0.1, -0.05) is 51.8 Å². The Balaban J connectivity index is 2.17. The van der Waals surface area contributed by atoms with Crippen molar-refractivity contribution >= 4 is 27.5 Å². The van der Waals surface area contributed by atoms with E-state index < -0.39 is 0 Å². The SMILES string of the molecule is COc1ccccc1COc1cccc(Cl)c1CBr. The van der Waals surface area contributed by atoms with Crippen molar-refractivity contribution in [3.05, 3.63) is 58.6 Å². The zero-order valence-corrected chi connectivity index (χ0v) is 12.9. The first-order valence-electron chi connectivity index (χ1n) is 5.84. The van der Waals surface area contributed by atoms with Crippen molar-refractivity contribution in [3.8, 4) is 11.5 Å². The molecule has 100 valence electrons. The van der Waals surface area contributed by atoms with E-state index in [1.54, 1.807) is 7.11 Å². The largest absolute Gasteiger partial charge is 0.496 e. The molecule has 0 fully saturated rings. The van der Waals surface area contributed by atoms with E-state index in [0.29, 0.717) is 17.0 Å². The number of benzene rings is 2. The summed E-state index contributed by atoms with van der Waals surface area (Å²) in [6.07, 6.45) is 0. The topological polar surface area (TPSA) is 18.5 Å². The molecule has 4 heteroatoms. The van der Waals surface area contributed by atoms with Crippen LogP contribution in [0.1, 0.15) is 11.1 Å². The maximum absolute atomic E-state index is 6.14. The van der Waals surface area contributed by atoms with Crippen molar-refractivity contribution < 1.29 is 9.47 Å². The minimum Gasteiger partial charge on any atom is -0.496 e. The zero-order chi connectivity index (χ0) is 13.7. The van der Waals surface area contributed by atoms with Gasteiger partial charge in [-0.25, -0.2) is 0 Å². The normalized spacial score (nSPS) is 10.3. The molecule has 0 atom stereocenters. The van der Waals surface area contributed by atoms with Gasteiger partial charge in [0.05, 0.1) is 7.11 Å². The highest BCUT2D eigenvalue weighted by molar-refractivity contribution is 9.08. The molecule has 0 unspecified atom stereocenters. The fourth-order valence-corrected chi connectivity index (χ4v) is 2.75. The molecule has 0 amide bonds. The lowest BCUT2D eigenvalue weighted by Gasteiger charge is -2.13. The molecule has 2 aromatic rings. The quantitative estimate of drug-likeness (QED) is 0.726. The Morgan fingerprint density at radius 3 is 2.53 bits per heavy atom. The van der Waals surface area contributed by atoms with E-state index in [4.69, 9.17) is 21.1 Å². The van der Waals surface area contributed by atoms with Crippen LogP contribution in [0.15, 0.2) is 42.5 Å². The third kappa shape index (κ3) is 3.43. The van der Waals surface area contributed by atoms with Crippen LogP contribution in [0.3, 0.4) is 0 Å². The molecule has 0 radical (unpaired) electrons. The average molecular weight is 342 g/mol. The molecule has 0 saturated heterocycles. The van der Waals surface area contributed by atoms with E-state index in [0.717, 1.165) is 22.6 Å². The molecule has 0 aromatic heterocycles. The summed E-state index contributed by atoms with van der Waals surface area (Å²) in [7, 11) is 1.65. The van der Waals surface area contributed by atoms with Gasteiger partial charge in [0.25, 0.3) is 0 Å². The monoisotopic (exact) mass is 340 g/mol. The molecule has 0 spiro atoms. The maximum atomic E-state index is 6.14. The van der Waals surface area contributed by atoms with Crippen LogP contribution in [0.2, 0.25) is 5.02 Å². The van der Waals surface area contributed by atoms with Gasteiger partial charge in [0.1, 0.15) is 18.1 Å². The molecular weight excluding hydrogens is 328 g/mol. The number of ether oxygens (including phenoxy) is 2. The van der Waals surface area contributed by atoms with E-state index in [9.17, 15) is 0 Å². The molecular formula is C15H14BrClO2. The molecule has 19 heavy (non-hydrogen) atoms. The highest BCUT2D eigenvalue weighted by Crippen LogP contribution is 2.29. The van der Waals surface area contributed by atoms with Crippen LogP contribution in [0.25, 0.3) is 0 Å². The highest BCUT2D eigenvalue weighted by Gasteiger charge is 2.08. The Bertz CT molecular complexity index is 558. The van der Waals surface area contributed by atoms with Crippen LogP contribution >= 0.6 is 27.5 Å². The van der Waals surface area contributed by atoms with Gasteiger partial charge in [-0.15, -0.1) is 0 Å². The number of rotatable bonds is 5. The Morgan fingerprint density at radius 2 is 1.79 bits per heavy atom. The molecule has 0 N–H and O–H groups in total. The lowest BCUT2D eigenvalue weighted by atomic mass is 10.2. The predicted molar refractivity (Wildman–Crippen MR) is 81.4 cm³/mol. The van der Waals surface area contributed by atoms with E-state index in [1.165, 1.54) is 0 Å². The molecule has 0 aliphatic heterocycles. The Kier molecular flexibility index (Phi) is 5.11. The lowest BCUT2D eigenvalue weighted by Crippen LogP contribution is -2.00. The van der Waals surface area contributed by atoms with Crippen molar-refractivity contribution in [2.45, 2.75) is 11.9 Å². The second-order valence-corrected chi connectivity index (χ2v) is 4.92. The smallest absolute Gasteiger partial charge is 0.125 e. The zero-order valence-electron chi connectivity index (χ0n) is 10.5. The first-order valence-corrected chi connectivity index (χ1v) is 7.34. The van der Waals surface area contributed by atoms with Gasteiger partial charge in [0.15, 0.2) is 0 Å². The third-order valence-corrected chi connectivity index (χ3v) is 3.70. The van der Waals surface area contributed by atoms with Gasteiger partial charge in [-0.3, -0.25) is 0 Å². The van der Waals surface area contributed by atoms with Crippen molar-refractivity contribution in [1.82, 2.24) is 0 Å². The van der Waals surface area contributed by atoms with Gasteiger partial charge in [-0.05, 0) is 18.2 Å². The second kappa shape index (κ2) is 6.83. The van der Waals surface area contributed by atoms with Gasteiger partial charge >= 0.3 is 0 Å². The number of halogens is 2. The van der Waals surface area contributed by atoms with E-state index in [2.05, 4.69) is 15.9 Å². The van der Waals surface area contributed by atoms with Gasteiger partial charge in [0, 0.05) is 21.5 Å². The van der Waals surface area contributed by atoms with Crippen molar-refractivity contribution in [1.29, 1.82) is 0 Å². The van der Waals surface area contributed by atoms with E-state index in [-0.39, 0.29) is 0 Å². The number of methoxy groups -OCH3 is 1. The Labute approximate surface area is 126 Å². The third-order valence-electron chi connectivity index (χ3n) is 2.79. The summed E-state index contributed by atoms with van der Waals surface area (Å²) in [5, 5.41) is 1.36. The summed E-state index contributed by atoms with van der Waals surface area (Å²) in [5.74, 6) is 1.61.